The molecular formula is C15H13BrFNO3. The first-order valence-electron chi connectivity index (χ1n) is 5.99. The molecule has 0 radical (unpaired) electrons. The fourth-order valence-electron chi connectivity index (χ4n) is 1.93. The molecule has 6 heteroatoms. The molecule has 0 unspecified atom stereocenters. The Labute approximate surface area is 129 Å². The van der Waals surface area contributed by atoms with Gasteiger partial charge in [-0.1, -0.05) is 0 Å². The number of nitrogen functional groups attached to an aromatic ring is 1. The molecule has 0 aromatic heterocycles. The highest BCUT2D eigenvalue weighted by molar-refractivity contribution is 9.10. The number of hydrogen-bond donors (Lipinski definition) is 1. The number of benzene rings is 2. The summed E-state index contributed by atoms with van der Waals surface area (Å²) in [6.45, 7) is 0. The Morgan fingerprint density at radius 3 is 2.38 bits per heavy atom. The van der Waals surface area contributed by atoms with Crippen LogP contribution in [0.15, 0.2) is 34.8 Å². The van der Waals surface area contributed by atoms with Gasteiger partial charge in [0.25, 0.3) is 0 Å². The SMILES string of the molecule is COc1ccc(C(=O)c2ccc(N)cc2F)c(OC)c1Br. The Hall–Kier alpha value is -2.08. The van der Waals surface area contributed by atoms with Crippen LogP contribution in [0.25, 0.3) is 0 Å². The first-order chi connectivity index (χ1) is 9.99. The van der Waals surface area contributed by atoms with Gasteiger partial charge in [-0.15, -0.1) is 0 Å². The van der Waals surface area contributed by atoms with E-state index in [1.54, 1.807) is 6.07 Å². The Balaban J connectivity index is 2.55. The molecule has 2 N–H and O–H groups in total. The summed E-state index contributed by atoms with van der Waals surface area (Å²) in [4.78, 5) is 12.5. The molecule has 2 aromatic carbocycles. The van der Waals surface area contributed by atoms with Crippen molar-refractivity contribution < 1.29 is 18.7 Å². The van der Waals surface area contributed by atoms with Gasteiger partial charge in [-0.3, -0.25) is 4.79 Å². The third-order valence-corrected chi connectivity index (χ3v) is 3.72. The molecular weight excluding hydrogens is 341 g/mol. The largest absolute Gasteiger partial charge is 0.495 e. The highest BCUT2D eigenvalue weighted by atomic mass is 79.9. The van der Waals surface area contributed by atoms with Crippen LogP contribution in [-0.2, 0) is 0 Å². The average Bonchev–Trinajstić information content (AvgIpc) is 2.46. The van der Waals surface area contributed by atoms with Crippen LogP contribution in [0.5, 0.6) is 11.5 Å². The van der Waals surface area contributed by atoms with Gasteiger partial charge in [-0.2, -0.15) is 0 Å². The zero-order valence-electron chi connectivity index (χ0n) is 11.4. The summed E-state index contributed by atoms with van der Waals surface area (Å²) in [6, 6.07) is 7.07. The Bertz CT molecular complexity index is 704. The molecule has 21 heavy (non-hydrogen) atoms. The van der Waals surface area contributed by atoms with Gasteiger partial charge in [0.2, 0.25) is 0 Å². The van der Waals surface area contributed by atoms with Crippen LogP contribution in [0, 0.1) is 5.82 Å². The molecule has 0 bridgehead atoms. The van der Waals surface area contributed by atoms with E-state index in [1.807, 2.05) is 0 Å². The predicted molar refractivity (Wildman–Crippen MR) is 81.5 cm³/mol. The van der Waals surface area contributed by atoms with Crippen molar-refractivity contribution in [3.05, 3.63) is 51.7 Å². The van der Waals surface area contributed by atoms with Crippen molar-refractivity contribution in [1.82, 2.24) is 0 Å². The lowest BCUT2D eigenvalue weighted by Crippen LogP contribution is -2.07. The summed E-state index contributed by atoms with van der Waals surface area (Å²) in [5, 5.41) is 0. The number of ketones is 1. The maximum Gasteiger partial charge on any atom is 0.199 e. The van der Waals surface area contributed by atoms with Crippen molar-refractivity contribution in [2.24, 2.45) is 0 Å². The molecule has 0 saturated carbocycles. The van der Waals surface area contributed by atoms with Gasteiger partial charge in [-0.25, -0.2) is 4.39 Å². The monoisotopic (exact) mass is 353 g/mol. The fraction of sp³-hybridized carbons (Fsp3) is 0.133. The molecule has 0 fully saturated rings. The molecule has 0 saturated heterocycles. The van der Waals surface area contributed by atoms with E-state index in [1.165, 1.54) is 32.4 Å². The summed E-state index contributed by atoms with van der Waals surface area (Å²) >= 11 is 3.31. The van der Waals surface area contributed by atoms with E-state index in [2.05, 4.69) is 15.9 Å². The molecule has 110 valence electrons. The number of ether oxygens (including phenoxy) is 2. The normalized spacial score (nSPS) is 10.3. The zero-order chi connectivity index (χ0) is 15.6. The van der Waals surface area contributed by atoms with Crippen molar-refractivity contribution in [2.45, 2.75) is 0 Å². The van der Waals surface area contributed by atoms with Crippen molar-refractivity contribution in [2.75, 3.05) is 20.0 Å². The molecule has 0 aliphatic rings. The van der Waals surface area contributed by atoms with E-state index >= 15 is 0 Å². The minimum Gasteiger partial charge on any atom is -0.495 e. The van der Waals surface area contributed by atoms with E-state index in [9.17, 15) is 9.18 Å². The molecule has 0 amide bonds. The van der Waals surface area contributed by atoms with E-state index < -0.39 is 11.6 Å². The number of carbonyl (C=O) groups is 1. The maximum absolute atomic E-state index is 13.9. The second kappa shape index (κ2) is 6.13. The minimum absolute atomic E-state index is 0.0698. The fourth-order valence-corrected chi connectivity index (χ4v) is 2.60. The van der Waals surface area contributed by atoms with Gasteiger partial charge in [0.15, 0.2) is 5.78 Å². The Morgan fingerprint density at radius 2 is 1.81 bits per heavy atom. The van der Waals surface area contributed by atoms with E-state index in [0.717, 1.165) is 6.07 Å². The van der Waals surface area contributed by atoms with Crippen LogP contribution >= 0.6 is 15.9 Å². The van der Waals surface area contributed by atoms with Gasteiger partial charge in [0.05, 0.1) is 25.3 Å². The zero-order valence-corrected chi connectivity index (χ0v) is 13.0. The van der Waals surface area contributed by atoms with Crippen molar-refractivity contribution in [1.29, 1.82) is 0 Å². The number of hydrogen-bond acceptors (Lipinski definition) is 4. The van der Waals surface area contributed by atoms with Crippen molar-refractivity contribution >= 4 is 27.4 Å². The summed E-state index contributed by atoms with van der Waals surface area (Å²) in [5.74, 6) is -0.363. The van der Waals surface area contributed by atoms with Crippen LogP contribution in [0.4, 0.5) is 10.1 Å². The van der Waals surface area contributed by atoms with Gasteiger partial charge in [0, 0.05) is 5.69 Å². The molecule has 0 aliphatic heterocycles. The van der Waals surface area contributed by atoms with E-state index in [0.29, 0.717) is 10.2 Å². The van der Waals surface area contributed by atoms with Crippen LogP contribution in [0.3, 0.4) is 0 Å². The molecule has 0 spiro atoms. The molecule has 0 aliphatic carbocycles. The average molecular weight is 354 g/mol. The number of rotatable bonds is 4. The van der Waals surface area contributed by atoms with Gasteiger partial charge >= 0.3 is 0 Å². The maximum atomic E-state index is 13.9. The van der Waals surface area contributed by atoms with Gasteiger partial charge < -0.3 is 15.2 Å². The topological polar surface area (TPSA) is 61.5 Å². The molecule has 2 aromatic rings. The van der Waals surface area contributed by atoms with Gasteiger partial charge in [0.1, 0.15) is 21.8 Å². The number of carbonyl (C=O) groups excluding carboxylic acids is 1. The minimum atomic E-state index is -0.672. The van der Waals surface area contributed by atoms with Crippen molar-refractivity contribution in [3.63, 3.8) is 0 Å². The third kappa shape index (κ3) is 2.85. The number of halogens is 2. The first kappa shape index (κ1) is 15.3. The summed E-state index contributed by atoms with van der Waals surface area (Å²) in [6.07, 6.45) is 0. The second-order valence-electron chi connectivity index (χ2n) is 4.23. The quantitative estimate of drug-likeness (QED) is 0.675. The highest BCUT2D eigenvalue weighted by Crippen LogP contribution is 2.38. The highest BCUT2D eigenvalue weighted by Gasteiger charge is 2.21. The molecule has 4 nitrogen and oxygen atoms in total. The predicted octanol–water partition coefficient (Wildman–Crippen LogP) is 3.42. The summed E-state index contributed by atoms with van der Waals surface area (Å²) in [7, 11) is 2.93. The van der Waals surface area contributed by atoms with Crippen molar-refractivity contribution in [3.8, 4) is 11.5 Å². The second-order valence-corrected chi connectivity index (χ2v) is 5.02. The van der Waals surface area contributed by atoms with Gasteiger partial charge in [-0.05, 0) is 46.3 Å². The Morgan fingerprint density at radius 1 is 1.14 bits per heavy atom. The molecule has 0 heterocycles. The lowest BCUT2D eigenvalue weighted by molar-refractivity contribution is 0.103. The van der Waals surface area contributed by atoms with E-state index in [4.69, 9.17) is 15.2 Å². The first-order valence-corrected chi connectivity index (χ1v) is 6.79. The molecule has 0 atom stereocenters. The number of nitrogens with two attached hydrogens (primary N) is 1. The standard InChI is InChI=1S/C15H13BrFNO3/c1-20-12-6-5-10(15(21-2)13(12)16)14(19)9-4-3-8(18)7-11(9)17/h3-7H,18H2,1-2H3. The van der Waals surface area contributed by atoms with Crippen LogP contribution in [0.1, 0.15) is 15.9 Å². The molecule has 2 rings (SSSR count). The van der Waals surface area contributed by atoms with Crippen LogP contribution in [-0.4, -0.2) is 20.0 Å². The van der Waals surface area contributed by atoms with Crippen LogP contribution < -0.4 is 15.2 Å². The smallest absolute Gasteiger partial charge is 0.199 e. The summed E-state index contributed by atoms with van der Waals surface area (Å²) < 4.78 is 24.8. The number of methoxy groups -OCH3 is 2. The lowest BCUT2D eigenvalue weighted by atomic mass is 10.0. The summed E-state index contributed by atoms with van der Waals surface area (Å²) in [5.41, 5.74) is 5.90. The van der Waals surface area contributed by atoms with Crippen LogP contribution in [0.2, 0.25) is 0 Å². The Kier molecular flexibility index (Phi) is 4.47. The number of anilines is 1. The van der Waals surface area contributed by atoms with E-state index in [-0.39, 0.29) is 22.6 Å². The third-order valence-electron chi connectivity index (χ3n) is 2.97. The lowest BCUT2D eigenvalue weighted by Gasteiger charge is -2.13.